The third-order valence-corrected chi connectivity index (χ3v) is 1.49. The van der Waals surface area contributed by atoms with Crippen molar-refractivity contribution in [1.29, 1.82) is 0 Å². The van der Waals surface area contributed by atoms with Gasteiger partial charge in [-0.3, -0.25) is 0 Å². The summed E-state index contributed by atoms with van der Waals surface area (Å²) >= 11 is 0. The molecule has 0 heterocycles. The zero-order chi connectivity index (χ0) is 9.68. The summed E-state index contributed by atoms with van der Waals surface area (Å²) < 4.78 is 5.04. The van der Waals surface area contributed by atoms with Crippen molar-refractivity contribution in [3.8, 4) is 5.75 Å². The highest BCUT2D eigenvalue weighted by atomic mass is 16.5. The molecule has 0 aliphatic carbocycles. The first-order valence-electron chi connectivity index (χ1n) is 3.92. The summed E-state index contributed by atoms with van der Waals surface area (Å²) in [7, 11) is 0. The summed E-state index contributed by atoms with van der Waals surface area (Å²) in [5.74, 6) is 0.319. The number of hydrogen-bond donors (Lipinski definition) is 2. The van der Waals surface area contributed by atoms with Crippen LogP contribution in [-0.4, -0.2) is 22.8 Å². The van der Waals surface area contributed by atoms with Gasteiger partial charge in [0.15, 0.2) is 0 Å². The van der Waals surface area contributed by atoms with E-state index in [4.69, 9.17) is 15.1 Å². The summed E-state index contributed by atoms with van der Waals surface area (Å²) in [5.41, 5.74) is 0.627. The zero-order valence-corrected chi connectivity index (χ0v) is 7.27. The van der Waals surface area contributed by atoms with Crippen molar-refractivity contribution in [1.82, 2.24) is 0 Å². The van der Waals surface area contributed by atoms with Crippen molar-refractivity contribution in [3.63, 3.8) is 0 Å². The largest absolute Gasteiger partial charge is 0.508 e. The van der Waals surface area contributed by atoms with Gasteiger partial charge in [0.2, 0.25) is 0 Å². The van der Waals surface area contributed by atoms with E-state index >= 15 is 0 Å². The fraction of sp³-hybridized carbons (Fsp3) is 0.222. The molecule has 0 bridgehead atoms. The van der Waals surface area contributed by atoms with E-state index in [9.17, 15) is 0 Å². The van der Waals surface area contributed by atoms with Crippen molar-refractivity contribution < 1.29 is 15.1 Å². The summed E-state index contributed by atoms with van der Waals surface area (Å²) in [6.45, 7) is 2.23. The van der Waals surface area contributed by atoms with Gasteiger partial charge >= 0.3 is 0 Å². The van der Waals surface area contributed by atoms with Crippen molar-refractivity contribution >= 4 is 5.90 Å². The number of rotatable bonds is 2. The van der Waals surface area contributed by atoms with E-state index in [1.165, 1.54) is 12.1 Å². The van der Waals surface area contributed by atoms with Crippen LogP contribution < -0.4 is 0 Å². The third kappa shape index (κ3) is 2.37. The topological polar surface area (TPSA) is 62.0 Å². The lowest BCUT2D eigenvalue weighted by Crippen LogP contribution is -2.05. The SMILES string of the molecule is CCOC(=NO)c1ccc(O)cc1. The van der Waals surface area contributed by atoms with Gasteiger partial charge in [-0.1, -0.05) is 0 Å². The second kappa shape index (κ2) is 4.35. The van der Waals surface area contributed by atoms with Crippen LogP contribution in [0.4, 0.5) is 0 Å². The Kier molecular flexibility index (Phi) is 3.14. The van der Waals surface area contributed by atoms with Gasteiger partial charge in [-0.05, 0) is 36.3 Å². The molecule has 4 nitrogen and oxygen atoms in total. The summed E-state index contributed by atoms with van der Waals surface area (Å²) in [6, 6.07) is 6.22. The van der Waals surface area contributed by atoms with Gasteiger partial charge < -0.3 is 15.1 Å². The summed E-state index contributed by atoms with van der Waals surface area (Å²) in [5, 5.41) is 20.6. The molecule has 0 aromatic heterocycles. The fourth-order valence-electron chi connectivity index (χ4n) is 0.911. The lowest BCUT2D eigenvalue weighted by atomic mass is 10.2. The Morgan fingerprint density at radius 1 is 1.38 bits per heavy atom. The number of ether oxygens (including phenoxy) is 1. The van der Waals surface area contributed by atoms with Gasteiger partial charge in [-0.15, -0.1) is 0 Å². The fourth-order valence-corrected chi connectivity index (χ4v) is 0.911. The van der Waals surface area contributed by atoms with Crippen LogP contribution in [0.25, 0.3) is 0 Å². The third-order valence-electron chi connectivity index (χ3n) is 1.49. The van der Waals surface area contributed by atoms with Crippen LogP contribution in [0.3, 0.4) is 0 Å². The van der Waals surface area contributed by atoms with Crippen LogP contribution in [0.15, 0.2) is 29.4 Å². The van der Waals surface area contributed by atoms with Crippen LogP contribution in [0.2, 0.25) is 0 Å². The maximum absolute atomic E-state index is 9.00. The number of benzene rings is 1. The van der Waals surface area contributed by atoms with Crippen LogP contribution in [0.1, 0.15) is 12.5 Å². The monoisotopic (exact) mass is 181 g/mol. The maximum atomic E-state index is 9.00. The number of aromatic hydroxyl groups is 1. The molecule has 0 unspecified atom stereocenters. The molecule has 0 saturated heterocycles. The molecule has 0 atom stereocenters. The van der Waals surface area contributed by atoms with E-state index < -0.39 is 0 Å². The van der Waals surface area contributed by atoms with Crippen molar-refractivity contribution in [2.24, 2.45) is 5.16 Å². The zero-order valence-electron chi connectivity index (χ0n) is 7.27. The van der Waals surface area contributed by atoms with Crippen LogP contribution >= 0.6 is 0 Å². The lowest BCUT2D eigenvalue weighted by molar-refractivity contribution is 0.266. The standard InChI is InChI=1S/C9H11NO3/c1-2-13-9(10-12)7-3-5-8(11)6-4-7/h3-6,11-12H,2H2,1H3. The number of phenols is 1. The second-order valence-electron chi connectivity index (χ2n) is 2.39. The highest BCUT2D eigenvalue weighted by Gasteiger charge is 2.03. The normalized spacial score (nSPS) is 11.3. The Labute approximate surface area is 76.1 Å². The molecule has 0 saturated carbocycles. The van der Waals surface area contributed by atoms with E-state index in [1.807, 2.05) is 0 Å². The molecule has 0 fully saturated rings. The Balaban J connectivity index is 2.87. The predicted octanol–water partition coefficient (Wildman–Crippen LogP) is 1.56. The molecular weight excluding hydrogens is 170 g/mol. The number of oxime groups is 1. The first-order valence-corrected chi connectivity index (χ1v) is 3.92. The number of nitrogens with zero attached hydrogens (tertiary/aromatic N) is 1. The molecular formula is C9H11NO3. The average molecular weight is 181 g/mol. The van der Waals surface area contributed by atoms with Gasteiger partial charge in [0.25, 0.3) is 5.90 Å². The Morgan fingerprint density at radius 2 is 2.00 bits per heavy atom. The van der Waals surface area contributed by atoms with E-state index in [1.54, 1.807) is 19.1 Å². The van der Waals surface area contributed by atoms with Gasteiger partial charge in [0, 0.05) is 5.56 Å². The molecule has 1 rings (SSSR count). The molecule has 13 heavy (non-hydrogen) atoms. The van der Waals surface area contributed by atoms with Crippen molar-refractivity contribution in [2.75, 3.05) is 6.61 Å². The molecule has 4 heteroatoms. The molecule has 1 aromatic carbocycles. The van der Waals surface area contributed by atoms with Gasteiger partial charge in [0.1, 0.15) is 5.75 Å². The Hall–Kier alpha value is -1.71. The van der Waals surface area contributed by atoms with Crippen LogP contribution in [0.5, 0.6) is 5.75 Å². The quantitative estimate of drug-likeness (QED) is 0.315. The second-order valence-corrected chi connectivity index (χ2v) is 2.39. The molecule has 0 amide bonds. The minimum Gasteiger partial charge on any atom is -0.508 e. The van der Waals surface area contributed by atoms with Crippen molar-refractivity contribution in [2.45, 2.75) is 6.92 Å². The van der Waals surface area contributed by atoms with E-state index in [-0.39, 0.29) is 11.6 Å². The van der Waals surface area contributed by atoms with Crippen molar-refractivity contribution in [3.05, 3.63) is 29.8 Å². The van der Waals surface area contributed by atoms with Gasteiger partial charge in [0.05, 0.1) is 6.61 Å². The molecule has 0 spiro atoms. The van der Waals surface area contributed by atoms with Crippen LogP contribution in [0, 0.1) is 0 Å². The molecule has 1 aromatic rings. The first-order chi connectivity index (χ1) is 6.27. The predicted molar refractivity (Wildman–Crippen MR) is 48.1 cm³/mol. The first kappa shape index (κ1) is 9.38. The molecule has 0 radical (unpaired) electrons. The molecule has 70 valence electrons. The van der Waals surface area contributed by atoms with Gasteiger partial charge in [-0.25, -0.2) is 0 Å². The van der Waals surface area contributed by atoms with E-state index in [0.717, 1.165) is 0 Å². The Morgan fingerprint density at radius 3 is 2.46 bits per heavy atom. The van der Waals surface area contributed by atoms with E-state index in [2.05, 4.69) is 5.16 Å². The van der Waals surface area contributed by atoms with Crippen LogP contribution in [-0.2, 0) is 4.74 Å². The highest BCUT2D eigenvalue weighted by molar-refractivity contribution is 5.93. The van der Waals surface area contributed by atoms with E-state index in [0.29, 0.717) is 12.2 Å². The Bertz CT molecular complexity index is 292. The smallest absolute Gasteiger partial charge is 0.257 e. The maximum Gasteiger partial charge on any atom is 0.257 e. The number of hydrogen-bond acceptors (Lipinski definition) is 4. The highest BCUT2D eigenvalue weighted by Crippen LogP contribution is 2.10. The minimum absolute atomic E-state index is 0.155. The van der Waals surface area contributed by atoms with Gasteiger partial charge in [-0.2, -0.15) is 0 Å². The minimum atomic E-state index is 0.155. The molecule has 0 aliphatic rings. The summed E-state index contributed by atoms with van der Waals surface area (Å²) in [4.78, 5) is 0. The molecule has 0 aliphatic heterocycles. The molecule has 2 N–H and O–H groups in total. The lowest BCUT2D eigenvalue weighted by Gasteiger charge is -2.04. The number of phenolic OH excluding ortho intramolecular Hbond substituents is 1. The summed E-state index contributed by atoms with van der Waals surface area (Å²) in [6.07, 6.45) is 0. The average Bonchev–Trinajstić information content (AvgIpc) is 2.16.